The Balaban J connectivity index is 1.71. The normalized spacial score (nSPS) is 11.8. The van der Waals surface area contributed by atoms with E-state index in [1.807, 2.05) is 42.5 Å². The topological polar surface area (TPSA) is 56.1 Å². The van der Waals surface area contributed by atoms with E-state index in [1.165, 1.54) is 0 Å². The number of aromatic nitrogens is 2. The van der Waals surface area contributed by atoms with E-state index in [-0.39, 0.29) is 0 Å². The molecular weight excluding hydrogens is 406 g/mol. The Morgan fingerprint density at radius 2 is 1.96 bits per heavy atom. The number of carbonyl (C=O) groups is 1. The third-order valence-corrected chi connectivity index (χ3v) is 4.47. The molecule has 25 heavy (non-hydrogen) atoms. The zero-order valence-corrected chi connectivity index (χ0v) is 15.7. The summed E-state index contributed by atoms with van der Waals surface area (Å²) >= 11 is 9.53. The van der Waals surface area contributed by atoms with Crippen molar-refractivity contribution in [1.82, 2.24) is 9.55 Å². The van der Waals surface area contributed by atoms with E-state index >= 15 is 0 Å². The van der Waals surface area contributed by atoms with Gasteiger partial charge in [0.05, 0.1) is 6.20 Å². The fourth-order valence-electron chi connectivity index (χ4n) is 2.36. The zero-order chi connectivity index (χ0) is 17.8. The second-order valence-electron chi connectivity index (χ2n) is 5.32. The van der Waals surface area contributed by atoms with Crippen molar-refractivity contribution in [3.63, 3.8) is 0 Å². The van der Waals surface area contributed by atoms with Gasteiger partial charge in [0, 0.05) is 20.7 Å². The maximum Gasteiger partial charge on any atom is 0.413 e. The summed E-state index contributed by atoms with van der Waals surface area (Å²) in [5, 5.41) is 3.27. The van der Waals surface area contributed by atoms with Gasteiger partial charge in [0.2, 0.25) is 0 Å². The molecule has 1 amide bonds. The van der Waals surface area contributed by atoms with Crippen LogP contribution in [0, 0.1) is 0 Å². The van der Waals surface area contributed by atoms with E-state index in [1.54, 1.807) is 30.1 Å². The van der Waals surface area contributed by atoms with Gasteiger partial charge in [-0.2, -0.15) is 0 Å². The standard InChI is InChI=1S/C18H15BrClN3O2/c1-12(15-4-2-3-5-16(15)20)25-18(24)22-17-10-21-11-23(17)14-8-6-13(19)7-9-14/h2-12H,1H3,(H,22,24). The van der Waals surface area contributed by atoms with Gasteiger partial charge in [-0.05, 0) is 37.3 Å². The van der Waals surface area contributed by atoms with Gasteiger partial charge >= 0.3 is 6.09 Å². The number of ether oxygens (including phenoxy) is 1. The quantitative estimate of drug-likeness (QED) is 0.598. The molecule has 0 spiro atoms. The molecule has 2 aromatic carbocycles. The van der Waals surface area contributed by atoms with E-state index in [4.69, 9.17) is 16.3 Å². The molecular formula is C18H15BrClN3O2. The second-order valence-corrected chi connectivity index (χ2v) is 6.64. The van der Waals surface area contributed by atoms with Crippen molar-refractivity contribution in [2.45, 2.75) is 13.0 Å². The number of carbonyl (C=O) groups excluding carboxylic acids is 1. The van der Waals surface area contributed by atoms with Crippen LogP contribution in [0.4, 0.5) is 10.6 Å². The molecule has 0 bridgehead atoms. The van der Waals surface area contributed by atoms with Gasteiger partial charge in [0.25, 0.3) is 0 Å². The van der Waals surface area contributed by atoms with Crippen LogP contribution in [0.1, 0.15) is 18.6 Å². The number of halogens is 2. The van der Waals surface area contributed by atoms with E-state index in [0.717, 1.165) is 15.7 Å². The Bertz CT molecular complexity index is 880. The molecule has 128 valence electrons. The fraction of sp³-hybridized carbons (Fsp3) is 0.111. The minimum atomic E-state index is -0.578. The van der Waals surface area contributed by atoms with Crippen molar-refractivity contribution in [2.75, 3.05) is 5.32 Å². The van der Waals surface area contributed by atoms with Gasteiger partial charge in [-0.3, -0.25) is 9.88 Å². The second kappa shape index (κ2) is 7.72. The van der Waals surface area contributed by atoms with Gasteiger partial charge in [-0.1, -0.05) is 45.7 Å². The minimum absolute atomic E-state index is 0.474. The highest BCUT2D eigenvalue weighted by Gasteiger charge is 2.16. The van der Waals surface area contributed by atoms with Crippen LogP contribution in [0.15, 0.2) is 65.5 Å². The first-order valence-electron chi connectivity index (χ1n) is 7.55. The third kappa shape index (κ3) is 4.21. The smallest absolute Gasteiger partial charge is 0.413 e. The Kier molecular flexibility index (Phi) is 5.40. The number of rotatable bonds is 4. The predicted molar refractivity (Wildman–Crippen MR) is 101 cm³/mol. The molecule has 0 aliphatic rings. The number of nitrogens with zero attached hydrogens (tertiary/aromatic N) is 2. The number of benzene rings is 2. The number of hydrogen-bond acceptors (Lipinski definition) is 3. The number of nitrogens with one attached hydrogen (secondary N) is 1. The predicted octanol–water partition coefficient (Wildman–Crippen LogP) is 5.60. The van der Waals surface area contributed by atoms with Gasteiger partial charge in [0.15, 0.2) is 0 Å². The Morgan fingerprint density at radius 1 is 1.24 bits per heavy atom. The molecule has 0 saturated carbocycles. The summed E-state index contributed by atoms with van der Waals surface area (Å²) < 4.78 is 8.15. The van der Waals surface area contributed by atoms with E-state index in [9.17, 15) is 4.79 Å². The highest BCUT2D eigenvalue weighted by molar-refractivity contribution is 9.10. The van der Waals surface area contributed by atoms with Crippen LogP contribution < -0.4 is 5.32 Å². The SMILES string of the molecule is CC(OC(=O)Nc1cncn1-c1ccc(Br)cc1)c1ccccc1Cl. The van der Waals surface area contributed by atoms with Crippen LogP contribution >= 0.6 is 27.5 Å². The number of imidazole rings is 1. The van der Waals surface area contributed by atoms with Crippen molar-refractivity contribution in [2.24, 2.45) is 0 Å². The summed E-state index contributed by atoms with van der Waals surface area (Å²) in [4.78, 5) is 16.3. The molecule has 1 atom stereocenters. The van der Waals surface area contributed by atoms with Crippen LogP contribution in [-0.4, -0.2) is 15.6 Å². The summed E-state index contributed by atoms with van der Waals surface area (Å²) in [6, 6.07) is 14.9. The molecule has 3 aromatic rings. The van der Waals surface area contributed by atoms with Gasteiger partial charge in [-0.15, -0.1) is 0 Å². The molecule has 0 saturated heterocycles. The van der Waals surface area contributed by atoms with Crippen LogP contribution in [0.5, 0.6) is 0 Å². The first-order chi connectivity index (χ1) is 12.0. The number of anilines is 1. The largest absolute Gasteiger partial charge is 0.441 e. The zero-order valence-electron chi connectivity index (χ0n) is 13.3. The molecule has 3 rings (SSSR count). The molecule has 1 N–H and O–H groups in total. The lowest BCUT2D eigenvalue weighted by molar-refractivity contribution is 0.121. The maximum absolute atomic E-state index is 12.2. The molecule has 7 heteroatoms. The average Bonchev–Trinajstić information content (AvgIpc) is 3.03. The Morgan fingerprint density at radius 3 is 2.68 bits per heavy atom. The minimum Gasteiger partial charge on any atom is -0.441 e. The van der Waals surface area contributed by atoms with Gasteiger partial charge < -0.3 is 4.74 Å². The van der Waals surface area contributed by atoms with Crippen LogP contribution in [0.25, 0.3) is 5.69 Å². The summed E-state index contributed by atoms with van der Waals surface area (Å²) in [5.41, 5.74) is 1.62. The molecule has 1 aromatic heterocycles. The molecule has 0 radical (unpaired) electrons. The number of amides is 1. The van der Waals surface area contributed by atoms with Crippen molar-refractivity contribution in [3.05, 3.63) is 76.1 Å². The molecule has 0 aliphatic heterocycles. The molecule has 1 unspecified atom stereocenters. The summed E-state index contributed by atoms with van der Waals surface area (Å²) in [7, 11) is 0. The lowest BCUT2D eigenvalue weighted by atomic mass is 10.1. The Labute approximate surface area is 158 Å². The highest BCUT2D eigenvalue weighted by Crippen LogP contribution is 2.25. The molecule has 1 heterocycles. The summed E-state index contributed by atoms with van der Waals surface area (Å²) in [5.74, 6) is 0.513. The van der Waals surface area contributed by atoms with Gasteiger partial charge in [-0.25, -0.2) is 9.78 Å². The van der Waals surface area contributed by atoms with Crippen LogP contribution in [-0.2, 0) is 4.74 Å². The molecule has 0 aliphatic carbocycles. The highest BCUT2D eigenvalue weighted by atomic mass is 79.9. The van der Waals surface area contributed by atoms with E-state index < -0.39 is 12.2 Å². The average molecular weight is 421 g/mol. The summed E-state index contributed by atoms with van der Waals surface area (Å²) in [6.45, 7) is 1.77. The Hall–Kier alpha value is -2.31. The lowest BCUT2D eigenvalue weighted by Gasteiger charge is -2.16. The van der Waals surface area contributed by atoms with Crippen molar-refractivity contribution >= 4 is 39.4 Å². The fourth-order valence-corrected chi connectivity index (χ4v) is 2.91. The van der Waals surface area contributed by atoms with Crippen molar-refractivity contribution in [1.29, 1.82) is 0 Å². The molecule has 0 fully saturated rings. The van der Waals surface area contributed by atoms with Gasteiger partial charge in [0.1, 0.15) is 18.2 Å². The van der Waals surface area contributed by atoms with E-state index in [2.05, 4.69) is 26.2 Å². The van der Waals surface area contributed by atoms with Crippen molar-refractivity contribution in [3.8, 4) is 5.69 Å². The first-order valence-corrected chi connectivity index (χ1v) is 8.72. The summed E-state index contributed by atoms with van der Waals surface area (Å²) in [6.07, 6.45) is 2.13. The number of hydrogen-bond donors (Lipinski definition) is 1. The van der Waals surface area contributed by atoms with Crippen LogP contribution in [0.2, 0.25) is 5.02 Å². The molecule has 5 nitrogen and oxygen atoms in total. The third-order valence-electron chi connectivity index (χ3n) is 3.60. The maximum atomic E-state index is 12.2. The van der Waals surface area contributed by atoms with Crippen molar-refractivity contribution < 1.29 is 9.53 Å². The van der Waals surface area contributed by atoms with E-state index in [0.29, 0.717) is 10.8 Å². The lowest BCUT2D eigenvalue weighted by Crippen LogP contribution is -2.18. The van der Waals surface area contributed by atoms with Crippen LogP contribution in [0.3, 0.4) is 0 Å². The monoisotopic (exact) mass is 419 g/mol. The first kappa shape index (κ1) is 17.5.